The van der Waals surface area contributed by atoms with Crippen molar-refractivity contribution in [3.05, 3.63) is 85.4 Å². The highest BCUT2D eigenvalue weighted by Crippen LogP contribution is 2.35. The lowest BCUT2D eigenvalue weighted by molar-refractivity contribution is 1.29. The van der Waals surface area contributed by atoms with Gasteiger partial charge in [0.2, 0.25) is 0 Å². The summed E-state index contributed by atoms with van der Waals surface area (Å²) in [5.74, 6) is 0.733. The number of hydrogen-bond acceptors (Lipinski definition) is 4. The van der Waals surface area contributed by atoms with Crippen LogP contribution in [0.5, 0.6) is 0 Å². The number of fused-ring (bicyclic) bond motifs is 1. The van der Waals surface area contributed by atoms with E-state index in [1.165, 1.54) is 3.57 Å². The van der Waals surface area contributed by atoms with Crippen LogP contribution in [-0.4, -0.2) is 11.2 Å². The van der Waals surface area contributed by atoms with Crippen LogP contribution in [0, 0.1) is 3.57 Å². The van der Waals surface area contributed by atoms with Gasteiger partial charge in [-0.15, -0.1) is 11.3 Å². The van der Waals surface area contributed by atoms with Crippen LogP contribution < -0.4 is 0 Å². The average molecular weight is 555 g/mol. The highest BCUT2D eigenvalue weighted by atomic mass is 127. The van der Waals surface area contributed by atoms with Gasteiger partial charge in [0.15, 0.2) is 4.34 Å². The van der Waals surface area contributed by atoms with Crippen molar-refractivity contribution in [2.45, 2.75) is 10.1 Å². The van der Waals surface area contributed by atoms with Gasteiger partial charge < -0.3 is 0 Å². The van der Waals surface area contributed by atoms with Gasteiger partial charge in [0.25, 0.3) is 0 Å². The second-order valence-corrected chi connectivity index (χ2v) is 10.3. The van der Waals surface area contributed by atoms with Crippen molar-refractivity contribution in [1.82, 2.24) is 4.98 Å². The van der Waals surface area contributed by atoms with Gasteiger partial charge in [-0.25, -0.2) is 4.98 Å². The zero-order valence-electron chi connectivity index (χ0n) is 14.4. The molecule has 4 rings (SSSR count). The second kappa shape index (κ2) is 9.13. The molecule has 0 fully saturated rings. The van der Waals surface area contributed by atoms with Crippen LogP contribution in [0.3, 0.4) is 0 Å². The fourth-order valence-corrected chi connectivity index (χ4v) is 5.44. The molecule has 1 aromatic heterocycles. The molecule has 0 aliphatic carbocycles. The molecular formula is C21H13Cl2IN2S2. The molecule has 0 aliphatic heterocycles. The molecule has 0 saturated carbocycles. The number of thiazole rings is 1. The Kier molecular flexibility index (Phi) is 6.58. The largest absolute Gasteiger partial charge is 0.256 e. The van der Waals surface area contributed by atoms with Gasteiger partial charge in [0.1, 0.15) is 0 Å². The molecule has 2 nitrogen and oxygen atoms in total. The van der Waals surface area contributed by atoms with Crippen LogP contribution in [0.25, 0.3) is 10.2 Å². The van der Waals surface area contributed by atoms with E-state index in [-0.39, 0.29) is 0 Å². The Morgan fingerprint density at radius 2 is 1.86 bits per heavy atom. The van der Waals surface area contributed by atoms with Crippen molar-refractivity contribution < 1.29 is 0 Å². The summed E-state index contributed by atoms with van der Waals surface area (Å²) in [6.45, 7) is 0. The standard InChI is InChI=1S/C21H13Cl2IN2S2/c22-15-3-7-18(23)14(9-15)12-27-21-26-19-8-6-17(10-20(19)28-21)25-11-13-1-4-16(24)5-2-13/h1-11H,12H2. The maximum Gasteiger partial charge on any atom is 0.151 e. The number of rotatable bonds is 5. The Hall–Kier alpha value is -1.12. The Labute approximate surface area is 195 Å². The Balaban J connectivity index is 1.50. The first-order valence-electron chi connectivity index (χ1n) is 8.34. The van der Waals surface area contributed by atoms with Crippen LogP contribution in [0.2, 0.25) is 10.0 Å². The zero-order chi connectivity index (χ0) is 19.5. The Morgan fingerprint density at radius 1 is 1.04 bits per heavy atom. The SMILES string of the molecule is Clc1ccc(Cl)c(CSc2nc3ccc(N=Cc4ccc(I)cc4)cc3s2)c1. The normalized spacial score (nSPS) is 11.5. The van der Waals surface area contributed by atoms with E-state index in [1.807, 2.05) is 30.5 Å². The molecule has 140 valence electrons. The number of hydrogen-bond donors (Lipinski definition) is 0. The summed E-state index contributed by atoms with van der Waals surface area (Å²) >= 11 is 17.9. The topological polar surface area (TPSA) is 25.2 Å². The van der Waals surface area contributed by atoms with E-state index in [9.17, 15) is 0 Å². The number of halogens is 3. The van der Waals surface area contributed by atoms with Gasteiger partial charge in [0.05, 0.1) is 15.9 Å². The maximum absolute atomic E-state index is 6.25. The lowest BCUT2D eigenvalue weighted by Gasteiger charge is -2.02. The van der Waals surface area contributed by atoms with Crippen LogP contribution in [0.15, 0.2) is 70.0 Å². The second-order valence-electron chi connectivity index (χ2n) is 5.97. The summed E-state index contributed by atoms with van der Waals surface area (Å²) in [5.41, 5.74) is 4.00. The Bertz CT molecular complexity index is 1160. The molecule has 3 aromatic carbocycles. The maximum atomic E-state index is 6.25. The van der Waals surface area contributed by atoms with Gasteiger partial charge in [0, 0.05) is 25.6 Å². The minimum absolute atomic E-state index is 0.694. The van der Waals surface area contributed by atoms with E-state index in [0.717, 1.165) is 42.1 Å². The van der Waals surface area contributed by atoms with E-state index < -0.39 is 0 Å². The van der Waals surface area contributed by atoms with E-state index >= 15 is 0 Å². The molecule has 0 spiro atoms. The lowest BCUT2D eigenvalue weighted by atomic mass is 10.2. The van der Waals surface area contributed by atoms with Gasteiger partial charge in [-0.05, 0) is 82.2 Å². The molecular weight excluding hydrogens is 542 g/mol. The number of aromatic nitrogens is 1. The molecule has 0 radical (unpaired) electrons. The smallest absolute Gasteiger partial charge is 0.151 e. The summed E-state index contributed by atoms with van der Waals surface area (Å²) < 4.78 is 3.34. The number of aliphatic imine (C=N–C) groups is 1. The summed E-state index contributed by atoms with van der Waals surface area (Å²) in [6, 6.07) is 19.9. The molecule has 4 aromatic rings. The minimum atomic E-state index is 0.694. The average Bonchev–Trinajstić information content (AvgIpc) is 3.10. The third-order valence-electron chi connectivity index (χ3n) is 3.94. The highest BCUT2D eigenvalue weighted by Gasteiger charge is 2.08. The summed E-state index contributed by atoms with van der Waals surface area (Å²) in [5, 5.41) is 1.42. The molecule has 0 N–H and O–H groups in total. The number of thioether (sulfide) groups is 1. The van der Waals surface area contributed by atoms with Gasteiger partial charge in [-0.2, -0.15) is 0 Å². The lowest BCUT2D eigenvalue weighted by Crippen LogP contribution is -1.82. The zero-order valence-corrected chi connectivity index (χ0v) is 19.7. The van der Waals surface area contributed by atoms with Crippen LogP contribution in [0.4, 0.5) is 5.69 Å². The van der Waals surface area contributed by atoms with Crippen molar-refractivity contribution in [2.24, 2.45) is 4.99 Å². The number of benzene rings is 3. The highest BCUT2D eigenvalue weighted by molar-refractivity contribution is 14.1. The third kappa shape index (κ3) is 5.07. The van der Waals surface area contributed by atoms with Crippen molar-refractivity contribution in [1.29, 1.82) is 0 Å². The summed E-state index contributed by atoms with van der Waals surface area (Å²) in [6.07, 6.45) is 1.88. The van der Waals surface area contributed by atoms with Gasteiger partial charge in [-0.3, -0.25) is 4.99 Å². The first kappa shape index (κ1) is 20.2. The fraction of sp³-hybridized carbons (Fsp3) is 0.0476. The van der Waals surface area contributed by atoms with Crippen molar-refractivity contribution in [3.63, 3.8) is 0 Å². The molecule has 0 amide bonds. The van der Waals surface area contributed by atoms with Gasteiger partial charge >= 0.3 is 0 Å². The van der Waals surface area contributed by atoms with Crippen molar-refractivity contribution in [3.8, 4) is 0 Å². The van der Waals surface area contributed by atoms with E-state index in [2.05, 4.69) is 57.9 Å². The fourth-order valence-electron chi connectivity index (χ4n) is 2.53. The summed E-state index contributed by atoms with van der Waals surface area (Å²) in [7, 11) is 0. The first-order valence-corrected chi connectivity index (χ1v) is 12.0. The molecule has 0 aliphatic rings. The first-order chi connectivity index (χ1) is 13.6. The Morgan fingerprint density at radius 3 is 2.68 bits per heavy atom. The van der Waals surface area contributed by atoms with Crippen molar-refractivity contribution in [2.75, 3.05) is 0 Å². The quantitative estimate of drug-likeness (QED) is 0.141. The molecule has 0 unspecified atom stereocenters. The summed E-state index contributed by atoms with van der Waals surface area (Å²) in [4.78, 5) is 9.29. The van der Waals surface area contributed by atoms with Crippen molar-refractivity contribution >= 4 is 91.0 Å². The molecule has 28 heavy (non-hydrogen) atoms. The molecule has 1 heterocycles. The minimum Gasteiger partial charge on any atom is -0.256 e. The van der Waals surface area contributed by atoms with Crippen LogP contribution >= 0.6 is 68.9 Å². The predicted octanol–water partition coefficient (Wildman–Crippen LogP) is 8.25. The van der Waals surface area contributed by atoms with E-state index in [4.69, 9.17) is 28.2 Å². The molecule has 0 saturated heterocycles. The van der Waals surface area contributed by atoms with Gasteiger partial charge in [-0.1, -0.05) is 47.1 Å². The molecule has 7 heteroatoms. The van der Waals surface area contributed by atoms with E-state index in [0.29, 0.717) is 5.02 Å². The third-order valence-corrected chi connectivity index (χ3v) is 7.48. The van der Waals surface area contributed by atoms with Crippen LogP contribution in [0.1, 0.15) is 11.1 Å². The van der Waals surface area contributed by atoms with E-state index in [1.54, 1.807) is 29.2 Å². The monoisotopic (exact) mass is 554 g/mol. The number of nitrogens with zero attached hydrogens (tertiary/aromatic N) is 2. The predicted molar refractivity (Wildman–Crippen MR) is 132 cm³/mol. The molecule has 0 atom stereocenters. The molecule has 0 bridgehead atoms. The van der Waals surface area contributed by atoms with Crippen LogP contribution in [-0.2, 0) is 5.75 Å².